The molecule has 0 aliphatic heterocycles. The summed E-state index contributed by atoms with van der Waals surface area (Å²) in [5, 5.41) is 5.29. The maximum atomic E-state index is 12.9. The van der Waals surface area contributed by atoms with Gasteiger partial charge in [-0.2, -0.15) is 0 Å². The number of carbonyl (C=O) groups is 1. The highest BCUT2D eigenvalue weighted by molar-refractivity contribution is 7.89. The van der Waals surface area contributed by atoms with Crippen LogP contribution in [0.5, 0.6) is 0 Å². The third-order valence-electron chi connectivity index (χ3n) is 3.20. The Kier molecular flexibility index (Phi) is 6.30. The van der Waals surface area contributed by atoms with Crippen LogP contribution in [0.1, 0.15) is 31.1 Å². The zero-order valence-corrected chi connectivity index (χ0v) is 16.7. The monoisotopic (exact) mass is 409 g/mol. The molecular formula is C18H20FN3O3S2. The molecule has 2 rings (SSSR count). The van der Waals surface area contributed by atoms with Gasteiger partial charge in [0.15, 0.2) is 5.11 Å². The second-order valence-corrected chi connectivity index (χ2v) is 8.89. The first-order valence-electron chi connectivity index (χ1n) is 7.98. The molecule has 2 aromatic carbocycles. The Balaban J connectivity index is 2.00. The van der Waals surface area contributed by atoms with Gasteiger partial charge in [0, 0.05) is 16.8 Å². The van der Waals surface area contributed by atoms with E-state index < -0.39 is 27.3 Å². The summed E-state index contributed by atoms with van der Waals surface area (Å²) in [5.41, 5.74) is 0.173. The van der Waals surface area contributed by atoms with Crippen molar-refractivity contribution in [1.29, 1.82) is 0 Å². The lowest BCUT2D eigenvalue weighted by Gasteiger charge is -2.20. The minimum Gasteiger partial charge on any atom is -0.332 e. The van der Waals surface area contributed by atoms with Crippen LogP contribution >= 0.6 is 12.2 Å². The molecule has 0 saturated carbocycles. The zero-order chi connectivity index (χ0) is 20.2. The van der Waals surface area contributed by atoms with Gasteiger partial charge in [-0.1, -0.05) is 0 Å². The van der Waals surface area contributed by atoms with E-state index in [2.05, 4.69) is 15.4 Å². The number of hydrogen-bond donors (Lipinski definition) is 3. The van der Waals surface area contributed by atoms with Crippen LogP contribution in [0, 0.1) is 5.82 Å². The molecular weight excluding hydrogens is 389 g/mol. The topological polar surface area (TPSA) is 87.3 Å². The number of amides is 1. The van der Waals surface area contributed by atoms with Crippen molar-refractivity contribution in [3.8, 4) is 0 Å². The number of sulfonamides is 1. The lowest BCUT2D eigenvalue weighted by Crippen LogP contribution is -2.40. The van der Waals surface area contributed by atoms with Crippen LogP contribution in [0.4, 0.5) is 10.1 Å². The summed E-state index contributed by atoms with van der Waals surface area (Å²) in [6.07, 6.45) is 0. The number of halogens is 1. The molecule has 144 valence electrons. The van der Waals surface area contributed by atoms with E-state index in [0.29, 0.717) is 5.69 Å². The molecule has 0 aromatic heterocycles. The highest BCUT2D eigenvalue weighted by Crippen LogP contribution is 2.16. The Labute approximate surface area is 163 Å². The zero-order valence-electron chi connectivity index (χ0n) is 15.0. The fraction of sp³-hybridized carbons (Fsp3) is 0.222. The predicted molar refractivity (Wildman–Crippen MR) is 107 cm³/mol. The number of anilines is 1. The van der Waals surface area contributed by atoms with Crippen LogP contribution < -0.4 is 15.4 Å². The number of carbonyl (C=O) groups excluding carboxylic acids is 1. The van der Waals surface area contributed by atoms with E-state index in [1.165, 1.54) is 48.5 Å². The Morgan fingerprint density at radius 2 is 1.56 bits per heavy atom. The SMILES string of the molecule is CC(C)(C)NS(=O)(=O)c1ccc(NC(=S)NC(=O)c2ccc(F)cc2)cc1. The Hall–Kier alpha value is -2.36. The van der Waals surface area contributed by atoms with E-state index in [1.54, 1.807) is 20.8 Å². The molecule has 0 heterocycles. The standard InChI is InChI=1S/C18H20FN3O3S2/c1-18(2,3)22-27(24,25)15-10-8-14(9-11-15)20-17(26)21-16(23)12-4-6-13(19)7-5-12/h4-11,22H,1-3H3,(H2,20,21,23,26). The lowest BCUT2D eigenvalue weighted by molar-refractivity contribution is 0.0977. The molecule has 0 unspecified atom stereocenters. The first-order valence-corrected chi connectivity index (χ1v) is 9.87. The fourth-order valence-electron chi connectivity index (χ4n) is 2.12. The highest BCUT2D eigenvalue weighted by atomic mass is 32.2. The van der Waals surface area contributed by atoms with Crippen LogP contribution in [-0.4, -0.2) is 25.0 Å². The van der Waals surface area contributed by atoms with Gasteiger partial charge in [0.2, 0.25) is 10.0 Å². The second-order valence-electron chi connectivity index (χ2n) is 6.80. The van der Waals surface area contributed by atoms with Crippen LogP contribution in [0.25, 0.3) is 0 Å². The molecule has 3 N–H and O–H groups in total. The average Bonchev–Trinajstić information content (AvgIpc) is 2.53. The van der Waals surface area contributed by atoms with Crippen LogP contribution in [0.3, 0.4) is 0 Å². The number of rotatable bonds is 4. The number of benzene rings is 2. The van der Waals surface area contributed by atoms with E-state index in [1.807, 2.05) is 0 Å². The summed E-state index contributed by atoms with van der Waals surface area (Å²) in [7, 11) is -3.63. The molecule has 0 saturated heterocycles. The van der Waals surface area contributed by atoms with Crippen LogP contribution in [0.2, 0.25) is 0 Å². The maximum absolute atomic E-state index is 12.9. The minimum atomic E-state index is -3.63. The Morgan fingerprint density at radius 1 is 1.00 bits per heavy atom. The Bertz CT molecular complexity index is 935. The molecule has 6 nitrogen and oxygen atoms in total. The van der Waals surface area contributed by atoms with Crippen LogP contribution in [-0.2, 0) is 10.0 Å². The van der Waals surface area contributed by atoms with Crippen molar-refractivity contribution >= 4 is 38.9 Å². The summed E-state index contributed by atoms with van der Waals surface area (Å²) in [6, 6.07) is 11.0. The fourth-order valence-corrected chi connectivity index (χ4v) is 3.75. The van der Waals surface area contributed by atoms with Gasteiger partial charge >= 0.3 is 0 Å². The van der Waals surface area contributed by atoms with Crippen molar-refractivity contribution in [2.75, 3.05) is 5.32 Å². The molecule has 0 aliphatic rings. The summed E-state index contributed by atoms with van der Waals surface area (Å²) < 4.78 is 40.0. The largest absolute Gasteiger partial charge is 0.332 e. The average molecular weight is 410 g/mol. The van der Waals surface area contributed by atoms with Crippen molar-refractivity contribution in [1.82, 2.24) is 10.0 Å². The second kappa shape index (κ2) is 8.12. The lowest BCUT2D eigenvalue weighted by atomic mass is 10.1. The normalized spacial score (nSPS) is 11.7. The number of thiocarbonyl (C=S) groups is 1. The van der Waals surface area contributed by atoms with E-state index in [-0.39, 0.29) is 15.6 Å². The first-order chi connectivity index (χ1) is 12.5. The van der Waals surface area contributed by atoms with E-state index >= 15 is 0 Å². The summed E-state index contributed by atoms with van der Waals surface area (Å²) >= 11 is 5.07. The van der Waals surface area contributed by atoms with Crippen molar-refractivity contribution in [2.45, 2.75) is 31.2 Å². The molecule has 0 radical (unpaired) electrons. The van der Waals surface area contributed by atoms with E-state index in [4.69, 9.17) is 12.2 Å². The van der Waals surface area contributed by atoms with Gasteiger partial charge in [-0.05, 0) is 81.5 Å². The minimum absolute atomic E-state index is 0.0350. The summed E-state index contributed by atoms with van der Waals surface area (Å²) in [6.45, 7) is 5.26. The smallest absolute Gasteiger partial charge is 0.257 e. The summed E-state index contributed by atoms with van der Waals surface area (Å²) in [5.74, 6) is -0.927. The highest BCUT2D eigenvalue weighted by Gasteiger charge is 2.21. The quantitative estimate of drug-likeness (QED) is 0.676. The van der Waals surface area contributed by atoms with E-state index in [0.717, 1.165) is 0 Å². The predicted octanol–water partition coefficient (Wildman–Crippen LogP) is 3.03. The molecule has 2 aromatic rings. The van der Waals surface area contributed by atoms with Crippen molar-refractivity contribution in [3.05, 3.63) is 59.9 Å². The molecule has 0 atom stereocenters. The molecule has 1 amide bonds. The van der Waals surface area contributed by atoms with Gasteiger partial charge in [-0.3, -0.25) is 10.1 Å². The third kappa shape index (κ3) is 6.38. The van der Waals surface area contributed by atoms with Crippen molar-refractivity contribution in [2.24, 2.45) is 0 Å². The van der Waals surface area contributed by atoms with Gasteiger partial charge in [0.25, 0.3) is 5.91 Å². The van der Waals surface area contributed by atoms with E-state index in [9.17, 15) is 17.6 Å². The van der Waals surface area contributed by atoms with Gasteiger partial charge in [0.05, 0.1) is 4.90 Å². The van der Waals surface area contributed by atoms with Gasteiger partial charge in [0.1, 0.15) is 5.82 Å². The number of nitrogens with one attached hydrogen (secondary N) is 3. The van der Waals surface area contributed by atoms with Crippen molar-refractivity contribution < 1.29 is 17.6 Å². The third-order valence-corrected chi connectivity index (χ3v) is 5.17. The number of hydrogen-bond acceptors (Lipinski definition) is 4. The summed E-state index contributed by atoms with van der Waals surface area (Å²) in [4.78, 5) is 12.1. The molecule has 0 fully saturated rings. The molecule has 0 bridgehead atoms. The van der Waals surface area contributed by atoms with Gasteiger partial charge in [-0.25, -0.2) is 17.5 Å². The van der Waals surface area contributed by atoms with Crippen molar-refractivity contribution in [3.63, 3.8) is 0 Å². The maximum Gasteiger partial charge on any atom is 0.257 e. The van der Waals surface area contributed by atoms with Gasteiger partial charge in [-0.15, -0.1) is 0 Å². The molecule has 0 aliphatic carbocycles. The van der Waals surface area contributed by atoms with Crippen LogP contribution in [0.15, 0.2) is 53.4 Å². The first kappa shape index (κ1) is 20.9. The molecule has 9 heteroatoms. The Morgan fingerprint density at radius 3 is 2.07 bits per heavy atom. The molecule has 27 heavy (non-hydrogen) atoms. The molecule has 0 spiro atoms. The van der Waals surface area contributed by atoms with Gasteiger partial charge < -0.3 is 5.32 Å².